The molecule has 0 radical (unpaired) electrons. The molecule has 7 nitrogen and oxygen atoms in total. The first-order chi connectivity index (χ1) is 10.0. The average Bonchev–Trinajstić information content (AvgIpc) is 3.25. The number of rotatable bonds is 7. The van der Waals surface area contributed by atoms with Gasteiger partial charge in [-0.25, -0.2) is 9.78 Å². The zero-order chi connectivity index (χ0) is 15.4. The summed E-state index contributed by atoms with van der Waals surface area (Å²) in [5, 5.41) is 2.99. The lowest BCUT2D eigenvalue weighted by Gasteiger charge is -2.16. The third kappa shape index (κ3) is 4.67. The lowest BCUT2D eigenvalue weighted by Crippen LogP contribution is -2.24. The Morgan fingerprint density at radius 1 is 1.52 bits per heavy atom. The van der Waals surface area contributed by atoms with Crippen LogP contribution in [0.15, 0.2) is 0 Å². The number of aromatic nitrogens is 2. The maximum atomic E-state index is 11.6. The molecular weight excluding hydrogens is 321 g/mol. The van der Waals surface area contributed by atoms with Gasteiger partial charge in [-0.15, -0.1) is 0 Å². The zero-order valence-corrected chi connectivity index (χ0v) is 13.1. The summed E-state index contributed by atoms with van der Waals surface area (Å²) in [5.41, 5.74) is -0.0823. The first-order valence-corrected chi connectivity index (χ1v) is 7.04. The summed E-state index contributed by atoms with van der Waals surface area (Å²) >= 11 is 11.9. The van der Waals surface area contributed by atoms with Crippen molar-refractivity contribution in [1.29, 1.82) is 0 Å². The number of hydrogen-bond acceptors (Lipinski definition) is 7. The average molecular weight is 336 g/mol. The number of esters is 1. The van der Waals surface area contributed by atoms with E-state index in [9.17, 15) is 4.79 Å². The van der Waals surface area contributed by atoms with Gasteiger partial charge in [-0.2, -0.15) is 4.98 Å². The summed E-state index contributed by atoms with van der Waals surface area (Å²) < 4.78 is 15.1. The number of hydrogen-bond donors (Lipinski definition) is 1. The number of carbonyl (C=O) groups is 1. The van der Waals surface area contributed by atoms with Gasteiger partial charge in [-0.1, -0.05) is 11.6 Å². The minimum absolute atomic E-state index is 0.0589. The molecule has 0 aromatic carbocycles. The number of nitrogens with one attached hydrogen (secondary N) is 1. The number of ether oxygens (including phenoxy) is 3. The van der Waals surface area contributed by atoms with Gasteiger partial charge in [0, 0.05) is 6.04 Å². The van der Waals surface area contributed by atoms with E-state index < -0.39 is 5.97 Å². The molecule has 0 amide bonds. The largest absolute Gasteiger partial charge is 0.464 e. The summed E-state index contributed by atoms with van der Waals surface area (Å²) in [7, 11) is 1.23. The maximum absolute atomic E-state index is 11.6. The van der Waals surface area contributed by atoms with Gasteiger partial charge in [0.15, 0.2) is 11.5 Å². The lowest BCUT2D eigenvalue weighted by molar-refractivity contribution is 0.0594. The molecular formula is C12H15Cl2N3O4. The number of halogens is 2. The number of nitrogens with zero attached hydrogens (tertiary/aromatic N) is 2. The van der Waals surface area contributed by atoms with Gasteiger partial charge in [0.1, 0.15) is 11.1 Å². The van der Waals surface area contributed by atoms with Crippen LogP contribution in [0.25, 0.3) is 0 Å². The van der Waals surface area contributed by atoms with Crippen LogP contribution in [0.4, 0.5) is 5.82 Å². The smallest absolute Gasteiger partial charge is 0.358 e. The second kappa shape index (κ2) is 7.22. The third-order valence-electron chi connectivity index (χ3n) is 2.66. The van der Waals surface area contributed by atoms with Crippen LogP contribution in [-0.2, 0) is 14.2 Å². The first-order valence-electron chi connectivity index (χ1n) is 6.28. The lowest BCUT2D eigenvalue weighted by atomic mass is 10.3. The molecule has 1 saturated heterocycles. The Labute approximate surface area is 131 Å². The van der Waals surface area contributed by atoms with Gasteiger partial charge in [-0.05, 0) is 18.5 Å². The number of methoxy groups -OCH3 is 1. The minimum Gasteiger partial charge on any atom is -0.464 e. The van der Waals surface area contributed by atoms with Gasteiger partial charge in [0.25, 0.3) is 0 Å². The quantitative estimate of drug-likeness (QED) is 0.461. The fraction of sp³-hybridized carbons (Fsp3) is 0.583. The van der Waals surface area contributed by atoms with E-state index in [1.54, 1.807) is 0 Å². The van der Waals surface area contributed by atoms with Gasteiger partial charge in [0.2, 0.25) is 5.28 Å². The highest BCUT2D eigenvalue weighted by Gasteiger charge is 2.23. The molecule has 1 aromatic heterocycles. The van der Waals surface area contributed by atoms with E-state index in [2.05, 4.69) is 20.0 Å². The molecule has 21 heavy (non-hydrogen) atoms. The molecule has 0 aliphatic carbocycles. The molecule has 1 fully saturated rings. The summed E-state index contributed by atoms with van der Waals surface area (Å²) in [6.45, 7) is 3.62. The van der Waals surface area contributed by atoms with Crippen molar-refractivity contribution >= 4 is 35.0 Å². The molecule has 0 saturated carbocycles. The first kappa shape index (κ1) is 16.2. The molecule has 2 rings (SSSR count). The SMILES string of the molecule is COC(=O)c1nc(Cl)nc(N[C@H](C)COCC2CO2)c1Cl. The van der Waals surface area contributed by atoms with Gasteiger partial charge in [-0.3, -0.25) is 0 Å². The van der Waals surface area contributed by atoms with Crippen LogP contribution in [0, 0.1) is 0 Å². The summed E-state index contributed by atoms with van der Waals surface area (Å²) in [6.07, 6.45) is 0.209. The molecule has 1 aliphatic rings. The van der Waals surface area contributed by atoms with Crippen LogP contribution in [0.3, 0.4) is 0 Å². The van der Waals surface area contributed by atoms with E-state index >= 15 is 0 Å². The molecule has 116 valence electrons. The Hall–Kier alpha value is -1.15. The van der Waals surface area contributed by atoms with Crippen molar-refractivity contribution in [3.63, 3.8) is 0 Å². The van der Waals surface area contributed by atoms with E-state index in [0.717, 1.165) is 6.61 Å². The maximum Gasteiger partial charge on any atom is 0.358 e. The summed E-state index contributed by atoms with van der Waals surface area (Å²) in [6, 6.07) is -0.0855. The molecule has 1 aromatic rings. The van der Waals surface area contributed by atoms with Crippen molar-refractivity contribution in [3.8, 4) is 0 Å². The molecule has 0 bridgehead atoms. The Morgan fingerprint density at radius 3 is 2.86 bits per heavy atom. The highest BCUT2D eigenvalue weighted by molar-refractivity contribution is 6.36. The van der Waals surface area contributed by atoms with Crippen LogP contribution >= 0.6 is 23.2 Å². The highest BCUT2D eigenvalue weighted by Crippen LogP contribution is 2.25. The van der Waals surface area contributed by atoms with Crippen LogP contribution in [0.5, 0.6) is 0 Å². The van der Waals surface area contributed by atoms with Crippen LogP contribution < -0.4 is 5.32 Å². The van der Waals surface area contributed by atoms with E-state index in [4.69, 9.17) is 32.7 Å². The molecule has 0 spiro atoms. The van der Waals surface area contributed by atoms with Crippen LogP contribution in [0.1, 0.15) is 17.4 Å². The van der Waals surface area contributed by atoms with E-state index in [1.807, 2.05) is 6.92 Å². The molecule has 1 N–H and O–H groups in total. The third-order valence-corrected chi connectivity index (χ3v) is 3.19. The van der Waals surface area contributed by atoms with Crippen LogP contribution in [0.2, 0.25) is 10.3 Å². The standard InChI is InChI=1S/C12H15Cl2N3O4/c1-6(3-20-4-7-5-21-7)15-10-8(13)9(11(18)19-2)16-12(14)17-10/h6-7H,3-5H2,1-2H3,(H,15,16,17)/t6-,7?/m1/s1. The Kier molecular flexibility index (Phi) is 5.58. The molecule has 1 aliphatic heterocycles. The molecule has 2 heterocycles. The predicted molar refractivity (Wildman–Crippen MR) is 77.0 cm³/mol. The van der Waals surface area contributed by atoms with E-state index in [-0.39, 0.29) is 34.0 Å². The predicted octanol–water partition coefficient (Wildman–Crippen LogP) is 1.79. The van der Waals surface area contributed by atoms with Crippen molar-refractivity contribution < 1.29 is 19.0 Å². The number of carbonyl (C=O) groups excluding carboxylic acids is 1. The van der Waals surface area contributed by atoms with Crippen molar-refractivity contribution in [2.75, 3.05) is 32.2 Å². The summed E-state index contributed by atoms with van der Waals surface area (Å²) in [4.78, 5) is 19.3. The van der Waals surface area contributed by atoms with Crippen molar-refractivity contribution in [1.82, 2.24) is 9.97 Å². The second-order valence-corrected chi connectivity index (χ2v) is 5.25. The molecule has 9 heteroatoms. The molecule has 1 unspecified atom stereocenters. The highest BCUT2D eigenvalue weighted by atomic mass is 35.5. The van der Waals surface area contributed by atoms with Crippen LogP contribution in [-0.4, -0.2) is 55.0 Å². The fourth-order valence-corrected chi connectivity index (χ4v) is 1.95. The van der Waals surface area contributed by atoms with Crippen molar-refractivity contribution in [2.45, 2.75) is 19.1 Å². The Bertz CT molecular complexity index is 525. The van der Waals surface area contributed by atoms with Gasteiger partial charge in [0.05, 0.1) is 26.9 Å². The van der Waals surface area contributed by atoms with E-state index in [1.165, 1.54) is 7.11 Å². The van der Waals surface area contributed by atoms with Crippen molar-refractivity contribution in [2.24, 2.45) is 0 Å². The van der Waals surface area contributed by atoms with Gasteiger partial charge >= 0.3 is 5.97 Å². The molecule has 2 atom stereocenters. The number of epoxide rings is 1. The fourth-order valence-electron chi connectivity index (χ4n) is 1.56. The summed E-state index contributed by atoms with van der Waals surface area (Å²) in [5.74, 6) is -0.419. The minimum atomic E-state index is -0.679. The Morgan fingerprint density at radius 2 is 2.24 bits per heavy atom. The van der Waals surface area contributed by atoms with Crippen molar-refractivity contribution in [3.05, 3.63) is 16.0 Å². The Balaban J connectivity index is 2.00. The van der Waals surface area contributed by atoms with Gasteiger partial charge < -0.3 is 19.5 Å². The number of anilines is 1. The van der Waals surface area contributed by atoms with E-state index in [0.29, 0.717) is 13.2 Å². The second-order valence-electron chi connectivity index (χ2n) is 4.53. The topological polar surface area (TPSA) is 85.9 Å². The zero-order valence-electron chi connectivity index (χ0n) is 11.6. The monoisotopic (exact) mass is 335 g/mol. The normalized spacial score (nSPS) is 18.2.